The van der Waals surface area contributed by atoms with Crippen LogP contribution >= 0.6 is 0 Å². The zero-order valence-electron chi connectivity index (χ0n) is 23.8. The molecule has 0 bridgehead atoms. The van der Waals surface area contributed by atoms with E-state index in [4.69, 9.17) is 19.3 Å². The molecular weight excluding hydrogens is 540 g/mol. The first kappa shape index (κ1) is 29.0. The van der Waals surface area contributed by atoms with Gasteiger partial charge in [0.15, 0.2) is 0 Å². The highest BCUT2D eigenvalue weighted by atomic mass is 32.2. The summed E-state index contributed by atoms with van der Waals surface area (Å²) in [5, 5.41) is 9.00. The minimum absolute atomic E-state index is 0.103. The molecule has 3 aromatic carbocycles. The molecular formula is C33H38O7S. The van der Waals surface area contributed by atoms with Crippen LogP contribution < -0.4 is 14.2 Å². The quantitative estimate of drug-likeness (QED) is 0.253. The molecule has 0 fully saturated rings. The number of carbonyl (C=O) groups is 1. The van der Waals surface area contributed by atoms with Crippen molar-refractivity contribution in [2.24, 2.45) is 0 Å². The van der Waals surface area contributed by atoms with Gasteiger partial charge in [0.2, 0.25) is 0 Å². The standard InChI is InChI=1S/C33H38O7S/c1-3-41(36,37)15-5-14-38-28-16-22(2)33-25(18-28)7-4-6-24-9-8-23(17-30(24)33)20-39-27-11-12-29-26(10-13-32(34)35)21-40-31(29)19-27/h8-9,11-12,16-19,26H,3-7,10,13-15,20-21H2,1-2H3,(H,34,35)/t26-/m1/s1. The SMILES string of the molecule is CCS(=O)(=O)CCCOc1cc(C)c2c(c1)CCCc1ccc(COc3ccc4c(c3)OC[C@H]4CCC(=O)O)cc1-2. The highest BCUT2D eigenvalue weighted by molar-refractivity contribution is 7.91. The van der Waals surface area contributed by atoms with Gasteiger partial charge in [-0.05, 0) is 96.7 Å². The van der Waals surface area contributed by atoms with Crippen LogP contribution in [0, 0.1) is 6.92 Å². The lowest BCUT2D eigenvalue weighted by atomic mass is 9.91. The van der Waals surface area contributed by atoms with Gasteiger partial charge in [-0.1, -0.05) is 25.1 Å². The molecule has 0 amide bonds. The second-order valence-corrected chi connectivity index (χ2v) is 13.5. The number of ether oxygens (including phenoxy) is 3. The summed E-state index contributed by atoms with van der Waals surface area (Å²) in [6.07, 6.45) is 4.19. The minimum Gasteiger partial charge on any atom is -0.494 e. The molecule has 0 spiro atoms. The molecule has 5 rings (SSSR count). The summed E-state index contributed by atoms with van der Waals surface area (Å²) in [5.41, 5.74) is 8.33. The lowest BCUT2D eigenvalue weighted by Crippen LogP contribution is -2.12. The van der Waals surface area contributed by atoms with E-state index in [9.17, 15) is 13.2 Å². The highest BCUT2D eigenvalue weighted by Crippen LogP contribution is 2.40. The Morgan fingerprint density at radius 3 is 2.66 bits per heavy atom. The van der Waals surface area contributed by atoms with Gasteiger partial charge in [0.25, 0.3) is 0 Å². The Balaban J connectivity index is 1.28. The Hall–Kier alpha value is -3.52. The molecule has 41 heavy (non-hydrogen) atoms. The van der Waals surface area contributed by atoms with E-state index in [1.807, 2.05) is 18.2 Å². The van der Waals surface area contributed by atoms with Gasteiger partial charge in [-0.3, -0.25) is 4.79 Å². The number of rotatable bonds is 12. The van der Waals surface area contributed by atoms with Gasteiger partial charge in [0, 0.05) is 29.7 Å². The first-order valence-electron chi connectivity index (χ1n) is 14.4. The van der Waals surface area contributed by atoms with E-state index in [-0.39, 0.29) is 23.8 Å². The fourth-order valence-electron chi connectivity index (χ4n) is 5.79. The van der Waals surface area contributed by atoms with E-state index < -0.39 is 15.8 Å². The number of carboxylic acid groups (broad SMARTS) is 1. The maximum absolute atomic E-state index is 11.8. The molecule has 7 nitrogen and oxygen atoms in total. The molecule has 0 unspecified atom stereocenters. The van der Waals surface area contributed by atoms with Gasteiger partial charge in [-0.2, -0.15) is 0 Å². The second kappa shape index (κ2) is 12.6. The van der Waals surface area contributed by atoms with Gasteiger partial charge >= 0.3 is 5.97 Å². The molecule has 0 saturated carbocycles. The average molecular weight is 579 g/mol. The largest absolute Gasteiger partial charge is 0.494 e. The van der Waals surface area contributed by atoms with Crippen LogP contribution in [0.4, 0.5) is 0 Å². The minimum atomic E-state index is -2.99. The second-order valence-electron chi connectivity index (χ2n) is 11.0. The molecule has 218 valence electrons. The average Bonchev–Trinajstić information content (AvgIpc) is 3.26. The van der Waals surface area contributed by atoms with Crippen molar-refractivity contribution in [3.8, 4) is 28.4 Å². The Morgan fingerprint density at radius 1 is 1.02 bits per heavy atom. The predicted molar refractivity (Wildman–Crippen MR) is 159 cm³/mol. The fraction of sp³-hybridized carbons (Fsp3) is 0.424. The fourth-order valence-corrected chi connectivity index (χ4v) is 6.63. The van der Waals surface area contributed by atoms with Crippen molar-refractivity contribution in [3.05, 3.63) is 76.3 Å². The summed E-state index contributed by atoms with van der Waals surface area (Å²) in [4.78, 5) is 11.0. The van der Waals surface area contributed by atoms with E-state index in [0.717, 1.165) is 53.2 Å². The molecule has 3 aromatic rings. The number of hydrogen-bond donors (Lipinski definition) is 1. The van der Waals surface area contributed by atoms with Crippen LogP contribution in [0.3, 0.4) is 0 Å². The maximum Gasteiger partial charge on any atom is 0.303 e. The van der Waals surface area contributed by atoms with Crippen LogP contribution in [0.15, 0.2) is 48.5 Å². The van der Waals surface area contributed by atoms with E-state index in [2.05, 4.69) is 37.3 Å². The van der Waals surface area contributed by atoms with Crippen LogP contribution in [0.1, 0.15) is 66.3 Å². The normalized spacial score (nSPS) is 15.7. The summed E-state index contributed by atoms with van der Waals surface area (Å²) in [7, 11) is -2.99. The third-order valence-electron chi connectivity index (χ3n) is 8.01. The van der Waals surface area contributed by atoms with Crippen LogP contribution in [0.25, 0.3) is 11.1 Å². The zero-order valence-corrected chi connectivity index (χ0v) is 24.6. The van der Waals surface area contributed by atoms with Crippen LogP contribution in [-0.2, 0) is 34.1 Å². The predicted octanol–water partition coefficient (Wildman–Crippen LogP) is 6.27. The number of hydrogen-bond acceptors (Lipinski definition) is 6. The molecule has 1 atom stereocenters. The number of aliphatic carboxylic acids is 1. The van der Waals surface area contributed by atoms with Gasteiger partial charge in [-0.15, -0.1) is 0 Å². The lowest BCUT2D eigenvalue weighted by Gasteiger charge is -2.17. The van der Waals surface area contributed by atoms with Gasteiger partial charge in [-0.25, -0.2) is 8.42 Å². The maximum atomic E-state index is 11.8. The van der Waals surface area contributed by atoms with Crippen molar-refractivity contribution >= 4 is 15.8 Å². The summed E-state index contributed by atoms with van der Waals surface area (Å²) in [5.74, 6) is 1.92. The Kier molecular flexibility index (Phi) is 8.88. The number of carboxylic acids is 1. The molecule has 0 saturated heterocycles. The highest BCUT2D eigenvalue weighted by Gasteiger charge is 2.25. The third kappa shape index (κ3) is 7.04. The first-order chi connectivity index (χ1) is 19.7. The van der Waals surface area contributed by atoms with Gasteiger partial charge < -0.3 is 19.3 Å². The first-order valence-corrected chi connectivity index (χ1v) is 16.2. The summed E-state index contributed by atoms with van der Waals surface area (Å²) in [6.45, 7) is 5.09. The third-order valence-corrected chi connectivity index (χ3v) is 9.80. The zero-order chi connectivity index (χ0) is 29.0. The smallest absolute Gasteiger partial charge is 0.303 e. The van der Waals surface area contributed by atoms with Crippen molar-refractivity contribution in [2.75, 3.05) is 24.7 Å². The lowest BCUT2D eigenvalue weighted by molar-refractivity contribution is -0.137. The molecule has 1 heterocycles. The van der Waals surface area contributed by atoms with Crippen molar-refractivity contribution in [1.29, 1.82) is 0 Å². The number of benzene rings is 3. The number of fused-ring (bicyclic) bond motifs is 4. The van der Waals surface area contributed by atoms with E-state index >= 15 is 0 Å². The van der Waals surface area contributed by atoms with Crippen molar-refractivity contribution in [3.63, 3.8) is 0 Å². The van der Waals surface area contributed by atoms with Crippen molar-refractivity contribution in [2.45, 2.75) is 64.9 Å². The summed E-state index contributed by atoms with van der Waals surface area (Å²) < 4.78 is 41.5. The van der Waals surface area contributed by atoms with E-state index in [0.29, 0.717) is 32.7 Å². The van der Waals surface area contributed by atoms with Gasteiger partial charge in [0.1, 0.15) is 33.7 Å². The summed E-state index contributed by atoms with van der Waals surface area (Å²) in [6, 6.07) is 16.6. The number of aryl methyl sites for hydroxylation is 3. The van der Waals surface area contributed by atoms with Crippen LogP contribution in [-0.4, -0.2) is 44.2 Å². The molecule has 2 aliphatic rings. The molecule has 0 aromatic heterocycles. The topological polar surface area (TPSA) is 99.1 Å². The number of sulfone groups is 1. The van der Waals surface area contributed by atoms with Crippen LogP contribution in [0.2, 0.25) is 0 Å². The molecule has 8 heteroatoms. The van der Waals surface area contributed by atoms with Gasteiger partial charge in [0.05, 0.1) is 19.0 Å². The monoisotopic (exact) mass is 578 g/mol. The molecule has 1 N–H and O–H groups in total. The Morgan fingerprint density at radius 2 is 1.85 bits per heavy atom. The van der Waals surface area contributed by atoms with E-state index in [1.165, 1.54) is 22.3 Å². The van der Waals surface area contributed by atoms with Crippen molar-refractivity contribution in [1.82, 2.24) is 0 Å². The van der Waals surface area contributed by atoms with Crippen LogP contribution in [0.5, 0.6) is 17.2 Å². The Labute approximate surface area is 242 Å². The Bertz CT molecular complexity index is 1530. The van der Waals surface area contributed by atoms with E-state index in [1.54, 1.807) is 6.92 Å². The van der Waals surface area contributed by atoms with Crippen molar-refractivity contribution < 1.29 is 32.5 Å². The molecule has 0 radical (unpaired) electrons. The molecule has 1 aliphatic carbocycles. The molecule has 1 aliphatic heterocycles. The summed E-state index contributed by atoms with van der Waals surface area (Å²) >= 11 is 0.